The van der Waals surface area contributed by atoms with E-state index in [0.29, 0.717) is 17.8 Å². The highest BCUT2D eigenvalue weighted by Crippen LogP contribution is 2.29. The molecule has 0 amide bonds. The largest absolute Gasteiger partial charge is 0.481 e. The van der Waals surface area contributed by atoms with Gasteiger partial charge < -0.3 is 16.2 Å². The van der Waals surface area contributed by atoms with E-state index >= 15 is 0 Å². The third-order valence-corrected chi connectivity index (χ3v) is 8.00. The van der Waals surface area contributed by atoms with Gasteiger partial charge >= 0.3 is 5.97 Å². The van der Waals surface area contributed by atoms with Gasteiger partial charge in [-0.15, -0.1) is 10.2 Å². The molecule has 0 aliphatic heterocycles. The van der Waals surface area contributed by atoms with E-state index in [1.165, 1.54) is 23.1 Å². The number of carboxylic acid groups (broad SMARTS) is 1. The molecule has 0 saturated heterocycles. The van der Waals surface area contributed by atoms with Gasteiger partial charge in [0.1, 0.15) is 16.4 Å². The van der Waals surface area contributed by atoms with Crippen molar-refractivity contribution in [2.45, 2.75) is 67.3 Å². The van der Waals surface area contributed by atoms with Crippen LogP contribution in [0.2, 0.25) is 0 Å². The number of carbonyl (C=O) groups is 2. The number of aliphatic carboxylic acids is 1. The summed E-state index contributed by atoms with van der Waals surface area (Å²) in [5.74, 6) is -0.726. The molecule has 0 spiro atoms. The Balaban J connectivity index is 0.000000248. The van der Waals surface area contributed by atoms with Crippen LogP contribution < -0.4 is 11.1 Å². The molecule has 2 aromatic carbocycles. The van der Waals surface area contributed by atoms with Crippen LogP contribution in [0.15, 0.2) is 60.7 Å². The molecule has 11 heteroatoms. The van der Waals surface area contributed by atoms with E-state index in [0.717, 1.165) is 27.4 Å². The molecular formula is C32H44N6O3S2. The average molecular weight is 625 g/mol. The van der Waals surface area contributed by atoms with Gasteiger partial charge in [0.2, 0.25) is 0 Å². The number of Topliss-reactive ketones (excluding diaryl/α,β-unsaturated/α-hetero) is 1. The van der Waals surface area contributed by atoms with Crippen molar-refractivity contribution in [1.82, 2.24) is 24.5 Å². The molecule has 4 aromatic rings. The number of hydrogen-bond donors (Lipinski definition) is 3. The van der Waals surface area contributed by atoms with Crippen LogP contribution >= 0.6 is 23.1 Å². The summed E-state index contributed by atoms with van der Waals surface area (Å²) in [6, 6.07) is 19.5. The lowest BCUT2D eigenvalue weighted by molar-refractivity contribution is -0.145. The fraction of sp³-hybridized carbons (Fsp3) is 0.438. The Labute approximate surface area is 263 Å². The van der Waals surface area contributed by atoms with Gasteiger partial charge in [0.25, 0.3) is 0 Å². The molecule has 0 saturated carbocycles. The highest BCUT2D eigenvalue weighted by atomic mass is 32.1. The molecule has 4 N–H and O–H groups in total. The second-order valence-corrected chi connectivity index (χ2v) is 13.8. The number of aromatic nitrogens is 4. The van der Waals surface area contributed by atoms with Crippen molar-refractivity contribution in [2.24, 2.45) is 16.7 Å². The SMILES string of the molecule is CC[C@H](C(=O)O)C(C)(C)C.CN[C@H](C(=O)Cc1snnc1-c1ccccc1)C(C)(C)C.Nc1snnc1-c1ccccc1. The van der Waals surface area contributed by atoms with Crippen LogP contribution in [-0.4, -0.2) is 49.1 Å². The maximum Gasteiger partial charge on any atom is 0.307 e. The quantitative estimate of drug-likeness (QED) is 0.191. The number of likely N-dealkylation sites (N-methyl/N-ethyl adjacent to an activating group) is 1. The Hall–Kier alpha value is -3.54. The number of rotatable bonds is 8. The van der Waals surface area contributed by atoms with Crippen molar-refractivity contribution in [3.8, 4) is 22.5 Å². The van der Waals surface area contributed by atoms with Gasteiger partial charge in [-0.25, -0.2) is 0 Å². The fourth-order valence-electron chi connectivity index (χ4n) is 4.63. The van der Waals surface area contributed by atoms with Crippen LogP contribution in [0.5, 0.6) is 0 Å². The first kappa shape index (κ1) is 35.7. The van der Waals surface area contributed by atoms with Crippen molar-refractivity contribution in [2.75, 3.05) is 12.8 Å². The number of ketones is 1. The van der Waals surface area contributed by atoms with E-state index < -0.39 is 5.97 Å². The van der Waals surface area contributed by atoms with Gasteiger partial charge in [-0.3, -0.25) is 9.59 Å². The lowest BCUT2D eigenvalue weighted by Crippen LogP contribution is -2.45. The van der Waals surface area contributed by atoms with Gasteiger partial charge in [0, 0.05) is 29.1 Å². The Morgan fingerprint density at radius 3 is 1.70 bits per heavy atom. The Kier molecular flexibility index (Phi) is 13.6. The molecule has 43 heavy (non-hydrogen) atoms. The van der Waals surface area contributed by atoms with Gasteiger partial charge in [-0.2, -0.15) is 0 Å². The molecule has 0 radical (unpaired) electrons. The van der Waals surface area contributed by atoms with Crippen LogP contribution in [0, 0.1) is 16.7 Å². The van der Waals surface area contributed by atoms with Crippen molar-refractivity contribution in [3.63, 3.8) is 0 Å². The first-order valence-corrected chi connectivity index (χ1v) is 15.7. The normalized spacial score (nSPS) is 12.7. The minimum absolute atomic E-state index is 0.111. The standard InChI is InChI=1S/C16H21N3OS.C8H7N3S.C8H16O2/c1-16(2,3)15(17-4)12(20)10-13-14(18-19-21-13)11-8-6-5-7-9-11;9-8-7(10-11-12-8)6-4-2-1-3-5-6;1-5-6(7(9)10)8(2,3)4/h5-9,15,17H,10H2,1-4H3;1-5H,9H2;6H,5H2,1-4H3,(H,9,10)/t15-;;6-/m1.1/s1. The molecule has 0 unspecified atom stereocenters. The van der Waals surface area contributed by atoms with Crippen LogP contribution in [-0.2, 0) is 16.0 Å². The molecular weight excluding hydrogens is 581 g/mol. The summed E-state index contributed by atoms with van der Waals surface area (Å²) in [6.45, 7) is 14.0. The number of nitrogen functional groups attached to an aromatic ring is 1. The molecule has 4 rings (SSSR count). The van der Waals surface area contributed by atoms with Crippen molar-refractivity contribution in [1.29, 1.82) is 0 Å². The van der Waals surface area contributed by atoms with Crippen LogP contribution in [0.4, 0.5) is 5.00 Å². The predicted octanol–water partition coefficient (Wildman–Crippen LogP) is 6.88. The van der Waals surface area contributed by atoms with E-state index in [2.05, 4.69) is 45.3 Å². The van der Waals surface area contributed by atoms with Crippen molar-refractivity contribution >= 4 is 39.8 Å². The number of carboxylic acids is 1. The number of carbonyl (C=O) groups excluding carboxylic acids is 1. The van der Waals surface area contributed by atoms with Crippen molar-refractivity contribution in [3.05, 3.63) is 65.5 Å². The summed E-state index contributed by atoms with van der Waals surface area (Å²) in [5.41, 5.74) is 9.06. The Morgan fingerprint density at radius 1 is 0.837 bits per heavy atom. The zero-order chi connectivity index (χ0) is 32.2. The average Bonchev–Trinajstić information content (AvgIpc) is 3.58. The van der Waals surface area contributed by atoms with Crippen molar-refractivity contribution < 1.29 is 14.7 Å². The van der Waals surface area contributed by atoms with Gasteiger partial charge in [0.05, 0.1) is 16.8 Å². The van der Waals surface area contributed by atoms with E-state index in [1.54, 1.807) is 0 Å². The molecule has 2 atom stereocenters. The summed E-state index contributed by atoms with van der Waals surface area (Å²) in [5, 5.41) is 20.6. The number of nitrogens with one attached hydrogen (secondary N) is 1. The third-order valence-electron chi connectivity index (χ3n) is 6.73. The van der Waals surface area contributed by atoms with Gasteiger partial charge in [-0.1, -0.05) is 118 Å². The van der Waals surface area contributed by atoms with Crippen LogP contribution in [0.3, 0.4) is 0 Å². The van der Waals surface area contributed by atoms with Gasteiger partial charge in [0.15, 0.2) is 5.78 Å². The second kappa shape index (κ2) is 16.3. The summed E-state index contributed by atoms with van der Waals surface area (Å²) in [4.78, 5) is 24.1. The summed E-state index contributed by atoms with van der Waals surface area (Å²) in [7, 11) is 1.83. The molecule has 2 heterocycles. The second-order valence-electron chi connectivity index (χ2n) is 12.2. The number of hydrogen-bond acceptors (Lipinski definition) is 10. The zero-order valence-electron chi connectivity index (χ0n) is 26.3. The van der Waals surface area contributed by atoms with E-state index in [-0.39, 0.29) is 28.6 Å². The molecule has 9 nitrogen and oxygen atoms in total. The smallest absolute Gasteiger partial charge is 0.307 e. The topological polar surface area (TPSA) is 144 Å². The number of benzene rings is 2. The minimum Gasteiger partial charge on any atom is -0.481 e. The van der Waals surface area contributed by atoms with E-state index in [4.69, 9.17) is 10.8 Å². The number of nitrogens with zero attached hydrogens (tertiary/aromatic N) is 4. The Morgan fingerprint density at radius 2 is 1.33 bits per heavy atom. The minimum atomic E-state index is -0.685. The summed E-state index contributed by atoms with van der Waals surface area (Å²) < 4.78 is 7.78. The monoisotopic (exact) mass is 624 g/mol. The lowest BCUT2D eigenvalue weighted by Gasteiger charge is -2.28. The highest BCUT2D eigenvalue weighted by molar-refractivity contribution is 7.10. The fourth-order valence-corrected chi connectivity index (χ4v) is 5.76. The number of anilines is 1. The van der Waals surface area contributed by atoms with Crippen LogP contribution in [0.1, 0.15) is 59.8 Å². The molecule has 0 aliphatic carbocycles. The number of nitrogens with two attached hydrogens (primary N) is 1. The van der Waals surface area contributed by atoms with Crippen LogP contribution in [0.25, 0.3) is 22.5 Å². The summed E-state index contributed by atoms with van der Waals surface area (Å²) in [6.07, 6.45) is 1.07. The lowest BCUT2D eigenvalue weighted by atomic mass is 9.79. The maximum atomic E-state index is 12.6. The third kappa shape index (κ3) is 10.9. The maximum absolute atomic E-state index is 12.6. The first-order chi connectivity index (χ1) is 20.2. The molecule has 2 aromatic heterocycles. The molecule has 0 fully saturated rings. The van der Waals surface area contributed by atoms with E-state index in [1.807, 2.05) is 95.4 Å². The zero-order valence-corrected chi connectivity index (χ0v) is 27.9. The molecule has 0 aliphatic rings. The molecule has 0 bridgehead atoms. The molecule has 232 valence electrons. The highest BCUT2D eigenvalue weighted by Gasteiger charge is 2.31. The van der Waals surface area contributed by atoms with E-state index in [9.17, 15) is 9.59 Å². The Bertz CT molecular complexity index is 1410. The predicted molar refractivity (Wildman–Crippen MR) is 177 cm³/mol. The first-order valence-electron chi connectivity index (χ1n) is 14.1. The van der Waals surface area contributed by atoms with Gasteiger partial charge in [-0.05, 0) is 35.8 Å². The summed E-state index contributed by atoms with van der Waals surface area (Å²) >= 11 is 2.52.